The molecular weight excluding hydrogens is 379 g/mol. The Morgan fingerprint density at radius 3 is 2.87 bits per heavy atom. The van der Waals surface area contributed by atoms with Crippen LogP contribution < -0.4 is 5.32 Å². The van der Waals surface area contributed by atoms with Crippen molar-refractivity contribution in [1.82, 2.24) is 10.2 Å². The van der Waals surface area contributed by atoms with E-state index < -0.39 is 0 Å². The summed E-state index contributed by atoms with van der Waals surface area (Å²) in [5.74, 6) is -0.604. The van der Waals surface area contributed by atoms with E-state index in [2.05, 4.69) is 31.5 Å². The molecule has 1 aromatic carbocycles. The van der Waals surface area contributed by atoms with Crippen LogP contribution in [0.5, 0.6) is 0 Å². The molecule has 1 unspecified atom stereocenters. The highest BCUT2D eigenvalue weighted by atomic mass is 79.9. The SMILES string of the molecule is CN(C)C(CNC(=O)/C=C/c1cc(Br)ccc1F)c1ccsc1. The first-order chi connectivity index (χ1) is 11.0. The predicted octanol–water partition coefficient (Wildman–Crippen LogP) is 4.08. The first kappa shape index (κ1) is 17.8. The van der Waals surface area contributed by atoms with E-state index in [1.54, 1.807) is 23.5 Å². The zero-order valence-electron chi connectivity index (χ0n) is 12.9. The second-order valence-electron chi connectivity index (χ2n) is 5.28. The van der Waals surface area contributed by atoms with Crippen molar-refractivity contribution in [1.29, 1.82) is 0 Å². The summed E-state index contributed by atoms with van der Waals surface area (Å²) in [5, 5.41) is 6.95. The van der Waals surface area contributed by atoms with Gasteiger partial charge in [-0.1, -0.05) is 15.9 Å². The first-order valence-electron chi connectivity index (χ1n) is 7.07. The highest BCUT2D eigenvalue weighted by Crippen LogP contribution is 2.20. The quantitative estimate of drug-likeness (QED) is 0.745. The zero-order valence-corrected chi connectivity index (χ0v) is 15.3. The Balaban J connectivity index is 1.96. The summed E-state index contributed by atoms with van der Waals surface area (Å²) in [5.41, 5.74) is 1.54. The van der Waals surface area contributed by atoms with Gasteiger partial charge in [0.25, 0.3) is 0 Å². The number of likely N-dealkylation sites (N-methyl/N-ethyl adjacent to an activating group) is 1. The van der Waals surface area contributed by atoms with Gasteiger partial charge in [-0.3, -0.25) is 4.79 Å². The summed E-state index contributed by atoms with van der Waals surface area (Å²) in [6.07, 6.45) is 2.83. The molecule has 1 N–H and O–H groups in total. The number of benzene rings is 1. The van der Waals surface area contributed by atoms with Crippen LogP contribution in [0.4, 0.5) is 4.39 Å². The van der Waals surface area contributed by atoms with Gasteiger partial charge in [0.1, 0.15) is 5.82 Å². The average Bonchev–Trinajstić information content (AvgIpc) is 3.02. The van der Waals surface area contributed by atoms with E-state index in [1.165, 1.54) is 23.8 Å². The number of halogens is 2. The van der Waals surface area contributed by atoms with Crippen molar-refractivity contribution in [3.05, 3.63) is 62.5 Å². The van der Waals surface area contributed by atoms with Crippen LogP contribution in [0.15, 0.2) is 45.6 Å². The van der Waals surface area contributed by atoms with Gasteiger partial charge < -0.3 is 10.2 Å². The van der Waals surface area contributed by atoms with E-state index in [9.17, 15) is 9.18 Å². The van der Waals surface area contributed by atoms with Crippen LogP contribution >= 0.6 is 27.3 Å². The summed E-state index contributed by atoms with van der Waals surface area (Å²) in [7, 11) is 3.95. The van der Waals surface area contributed by atoms with Crippen molar-refractivity contribution in [2.45, 2.75) is 6.04 Å². The third kappa shape index (κ3) is 5.27. The molecule has 0 spiro atoms. The van der Waals surface area contributed by atoms with Gasteiger partial charge in [-0.2, -0.15) is 11.3 Å². The third-order valence-corrected chi connectivity index (χ3v) is 4.59. The summed E-state index contributed by atoms with van der Waals surface area (Å²) in [6, 6.07) is 6.78. The molecular formula is C17H18BrFN2OS. The number of nitrogens with one attached hydrogen (secondary N) is 1. The van der Waals surface area contributed by atoms with E-state index in [-0.39, 0.29) is 17.8 Å². The van der Waals surface area contributed by atoms with Gasteiger partial charge in [0, 0.05) is 22.7 Å². The molecule has 1 aromatic heterocycles. The molecule has 0 aliphatic heterocycles. The van der Waals surface area contributed by atoms with Crippen molar-refractivity contribution < 1.29 is 9.18 Å². The number of hydrogen-bond donors (Lipinski definition) is 1. The number of carbonyl (C=O) groups excluding carboxylic acids is 1. The van der Waals surface area contributed by atoms with Gasteiger partial charge in [0.2, 0.25) is 5.91 Å². The normalized spacial score (nSPS) is 12.7. The van der Waals surface area contributed by atoms with Crippen LogP contribution in [0.1, 0.15) is 17.2 Å². The maximum absolute atomic E-state index is 13.6. The first-order valence-corrected chi connectivity index (χ1v) is 8.80. The minimum Gasteiger partial charge on any atom is -0.351 e. The van der Waals surface area contributed by atoms with E-state index in [0.29, 0.717) is 12.1 Å². The van der Waals surface area contributed by atoms with Crippen LogP contribution in [-0.4, -0.2) is 31.4 Å². The second kappa shape index (κ2) is 8.38. The van der Waals surface area contributed by atoms with Crippen LogP contribution in [0.2, 0.25) is 0 Å². The second-order valence-corrected chi connectivity index (χ2v) is 6.98. The molecule has 0 aliphatic rings. The Labute approximate surface area is 147 Å². The van der Waals surface area contributed by atoms with Crippen LogP contribution in [0, 0.1) is 5.82 Å². The lowest BCUT2D eigenvalue weighted by molar-refractivity contribution is -0.116. The van der Waals surface area contributed by atoms with Crippen LogP contribution in [0.3, 0.4) is 0 Å². The monoisotopic (exact) mass is 396 g/mol. The molecule has 23 heavy (non-hydrogen) atoms. The summed E-state index contributed by atoms with van der Waals surface area (Å²) in [4.78, 5) is 14.0. The van der Waals surface area contributed by atoms with Gasteiger partial charge in [-0.25, -0.2) is 4.39 Å². The van der Waals surface area contributed by atoms with Crippen molar-refractivity contribution in [2.24, 2.45) is 0 Å². The Kier molecular flexibility index (Phi) is 6.50. The Morgan fingerprint density at radius 2 is 2.22 bits per heavy atom. The fourth-order valence-electron chi connectivity index (χ4n) is 2.13. The Morgan fingerprint density at radius 1 is 1.43 bits per heavy atom. The number of carbonyl (C=O) groups is 1. The van der Waals surface area contributed by atoms with E-state index in [4.69, 9.17) is 0 Å². The molecule has 0 saturated heterocycles. The number of rotatable bonds is 6. The maximum atomic E-state index is 13.6. The highest BCUT2D eigenvalue weighted by molar-refractivity contribution is 9.10. The molecule has 0 fully saturated rings. The Hall–Kier alpha value is -1.50. The fourth-order valence-corrected chi connectivity index (χ4v) is 3.21. The summed E-state index contributed by atoms with van der Waals surface area (Å²) >= 11 is 4.92. The molecule has 0 saturated carbocycles. The summed E-state index contributed by atoms with van der Waals surface area (Å²) < 4.78 is 14.4. The molecule has 2 aromatic rings. The van der Waals surface area contributed by atoms with Gasteiger partial charge in [-0.05, 0) is 60.8 Å². The molecule has 2 rings (SSSR count). The van der Waals surface area contributed by atoms with Gasteiger partial charge in [0.05, 0.1) is 6.04 Å². The molecule has 122 valence electrons. The summed E-state index contributed by atoms with van der Waals surface area (Å²) in [6.45, 7) is 0.494. The van der Waals surface area contributed by atoms with E-state index in [1.807, 2.05) is 25.5 Å². The predicted molar refractivity (Wildman–Crippen MR) is 96.9 cm³/mol. The number of nitrogens with zero attached hydrogens (tertiary/aromatic N) is 1. The minimum absolute atomic E-state index is 0.112. The topological polar surface area (TPSA) is 32.3 Å². The van der Waals surface area contributed by atoms with Crippen molar-refractivity contribution in [3.8, 4) is 0 Å². The largest absolute Gasteiger partial charge is 0.351 e. The van der Waals surface area contributed by atoms with Crippen molar-refractivity contribution >= 4 is 39.2 Å². The lowest BCUT2D eigenvalue weighted by Gasteiger charge is -2.23. The Bertz CT molecular complexity index is 686. The van der Waals surface area contributed by atoms with Crippen molar-refractivity contribution in [2.75, 3.05) is 20.6 Å². The van der Waals surface area contributed by atoms with Gasteiger partial charge in [0.15, 0.2) is 0 Å². The van der Waals surface area contributed by atoms with Crippen LogP contribution in [-0.2, 0) is 4.79 Å². The molecule has 0 radical (unpaired) electrons. The molecule has 1 amide bonds. The minimum atomic E-state index is -0.360. The zero-order chi connectivity index (χ0) is 16.8. The highest BCUT2D eigenvalue weighted by Gasteiger charge is 2.14. The lowest BCUT2D eigenvalue weighted by atomic mass is 10.1. The van der Waals surface area contributed by atoms with Gasteiger partial charge >= 0.3 is 0 Å². The van der Waals surface area contributed by atoms with Gasteiger partial charge in [-0.15, -0.1) is 0 Å². The molecule has 6 heteroatoms. The molecule has 1 heterocycles. The van der Waals surface area contributed by atoms with Crippen molar-refractivity contribution in [3.63, 3.8) is 0 Å². The fraction of sp³-hybridized carbons (Fsp3) is 0.235. The average molecular weight is 397 g/mol. The standard InChI is InChI=1S/C17H18BrFN2OS/c1-21(2)16(13-7-8-23-11-13)10-20-17(22)6-3-12-9-14(18)4-5-15(12)19/h3-9,11,16H,10H2,1-2H3,(H,20,22)/b6-3+. The van der Waals surface area contributed by atoms with E-state index >= 15 is 0 Å². The number of thiophene rings is 1. The maximum Gasteiger partial charge on any atom is 0.244 e. The van der Waals surface area contributed by atoms with Crippen LogP contribution in [0.25, 0.3) is 6.08 Å². The lowest BCUT2D eigenvalue weighted by Crippen LogP contribution is -2.33. The number of amides is 1. The third-order valence-electron chi connectivity index (χ3n) is 3.39. The molecule has 1 atom stereocenters. The van der Waals surface area contributed by atoms with E-state index in [0.717, 1.165) is 4.47 Å². The molecule has 3 nitrogen and oxygen atoms in total. The number of hydrogen-bond acceptors (Lipinski definition) is 3. The molecule has 0 bridgehead atoms. The smallest absolute Gasteiger partial charge is 0.244 e. The molecule has 0 aliphatic carbocycles.